The molecule has 1 saturated heterocycles. The summed E-state index contributed by atoms with van der Waals surface area (Å²) in [6.45, 7) is 6.96. The summed E-state index contributed by atoms with van der Waals surface area (Å²) in [5.41, 5.74) is 2.05. The van der Waals surface area contributed by atoms with Gasteiger partial charge < -0.3 is 0 Å². The molecule has 120 valence electrons. The van der Waals surface area contributed by atoms with Crippen LogP contribution in [0.1, 0.15) is 48.0 Å². The first-order valence-corrected chi connectivity index (χ1v) is 8.78. The number of rotatable bonds is 4. The van der Waals surface area contributed by atoms with Crippen LogP contribution < -0.4 is 0 Å². The Morgan fingerprint density at radius 3 is 2.27 bits per heavy atom. The molecule has 0 unspecified atom stereocenters. The lowest BCUT2D eigenvalue weighted by Gasteiger charge is -2.40. The molecule has 3 nitrogen and oxygen atoms in total. The van der Waals surface area contributed by atoms with Gasteiger partial charge in [0.05, 0.1) is 6.54 Å². The van der Waals surface area contributed by atoms with Gasteiger partial charge in [0.15, 0.2) is 5.78 Å². The molecule has 3 rings (SSSR count). The summed E-state index contributed by atoms with van der Waals surface area (Å²) in [7, 11) is 0. The summed E-state index contributed by atoms with van der Waals surface area (Å²) in [4.78, 5) is 17.3. The van der Waals surface area contributed by atoms with Crippen molar-refractivity contribution in [1.29, 1.82) is 0 Å². The molecule has 2 fully saturated rings. The summed E-state index contributed by atoms with van der Waals surface area (Å²) < 4.78 is 0. The summed E-state index contributed by atoms with van der Waals surface area (Å²) in [6.07, 6.45) is 6.97. The average Bonchev–Trinajstić information content (AvgIpc) is 2.57. The fraction of sp³-hybridized carbons (Fsp3) is 0.632. The normalized spacial score (nSPS) is 21.9. The maximum absolute atomic E-state index is 12.4. The highest BCUT2D eigenvalue weighted by atomic mass is 16.1. The first-order chi connectivity index (χ1) is 10.7. The minimum absolute atomic E-state index is 0.256. The van der Waals surface area contributed by atoms with Crippen LogP contribution in [0.25, 0.3) is 0 Å². The zero-order valence-electron chi connectivity index (χ0n) is 13.8. The van der Waals surface area contributed by atoms with Crippen molar-refractivity contribution in [2.75, 3.05) is 32.7 Å². The average molecular weight is 300 g/mol. The van der Waals surface area contributed by atoms with E-state index in [1.165, 1.54) is 37.7 Å². The highest BCUT2D eigenvalue weighted by Gasteiger charge is 2.25. The van der Waals surface area contributed by atoms with Crippen molar-refractivity contribution in [3.05, 3.63) is 35.4 Å². The molecule has 0 N–H and O–H groups in total. The highest BCUT2D eigenvalue weighted by molar-refractivity contribution is 5.97. The standard InChI is InChI=1S/C19H28N2O/c1-16-7-9-17(10-8-16)19(22)15-20-11-13-21(14-12-20)18-5-3-2-4-6-18/h7-10,18H,2-6,11-15H2,1H3. The summed E-state index contributed by atoms with van der Waals surface area (Å²) in [6, 6.07) is 8.76. The summed E-state index contributed by atoms with van der Waals surface area (Å²) in [5.74, 6) is 0.256. The summed E-state index contributed by atoms with van der Waals surface area (Å²) in [5, 5.41) is 0. The zero-order valence-corrected chi connectivity index (χ0v) is 13.8. The molecule has 1 aliphatic carbocycles. The number of aryl methyl sites for hydroxylation is 1. The predicted molar refractivity (Wildman–Crippen MR) is 90.4 cm³/mol. The molecule has 2 aliphatic rings. The van der Waals surface area contributed by atoms with Crippen LogP contribution in [-0.4, -0.2) is 54.3 Å². The highest BCUT2D eigenvalue weighted by Crippen LogP contribution is 2.23. The van der Waals surface area contributed by atoms with E-state index in [1.54, 1.807) is 0 Å². The van der Waals surface area contributed by atoms with Gasteiger partial charge in [-0.3, -0.25) is 14.6 Å². The third-order valence-electron chi connectivity index (χ3n) is 5.24. The summed E-state index contributed by atoms with van der Waals surface area (Å²) >= 11 is 0. The molecule has 0 bridgehead atoms. The molecule has 0 atom stereocenters. The number of carbonyl (C=O) groups excluding carboxylic acids is 1. The predicted octanol–water partition coefficient (Wildman–Crippen LogP) is 3.13. The molecule has 0 radical (unpaired) electrons. The van der Waals surface area contributed by atoms with Crippen LogP contribution >= 0.6 is 0 Å². The van der Waals surface area contributed by atoms with Crippen LogP contribution in [0.4, 0.5) is 0 Å². The smallest absolute Gasteiger partial charge is 0.176 e. The number of hydrogen-bond acceptors (Lipinski definition) is 3. The Morgan fingerprint density at radius 1 is 1.00 bits per heavy atom. The van der Waals surface area contributed by atoms with Crippen molar-refractivity contribution < 1.29 is 4.79 Å². The first-order valence-electron chi connectivity index (χ1n) is 8.78. The Kier molecular flexibility index (Phi) is 5.27. The van der Waals surface area contributed by atoms with Gasteiger partial charge in [-0.2, -0.15) is 0 Å². The van der Waals surface area contributed by atoms with Crippen molar-refractivity contribution in [3.8, 4) is 0 Å². The lowest BCUT2D eigenvalue weighted by atomic mass is 9.94. The van der Waals surface area contributed by atoms with Gasteiger partial charge in [0, 0.05) is 37.8 Å². The lowest BCUT2D eigenvalue weighted by molar-refractivity contribution is 0.0691. The zero-order chi connectivity index (χ0) is 15.4. The van der Waals surface area contributed by atoms with Crippen molar-refractivity contribution in [1.82, 2.24) is 9.80 Å². The minimum Gasteiger partial charge on any atom is -0.298 e. The van der Waals surface area contributed by atoms with Gasteiger partial charge in [-0.15, -0.1) is 0 Å². The quantitative estimate of drug-likeness (QED) is 0.798. The van der Waals surface area contributed by atoms with E-state index in [-0.39, 0.29) is 5.78 Å². The van der Waals surface area contributed by atoms with Crippen molar-refractivity contribution >= 4 is 5.78 Å². The molecule has 0 amide bonds. The number of carbonyl (C=O) groups is 1. The van der Waals surface area contributed by atoms with Crippen molar-refractivity contribution in [2.45, 2.75) is 45.1 Å². The van der Waals surface area contributed by atoms with Crippen molar-refractivity contribution in [2.24, 2.45) is 0 Å². The Morgan fingerprint density at radius 2 is 1.64 bits per heavy atom. The van der Waals surface area contributed by atoms with E-state index in [2.05, 4.69) is 16.7 Å². The van der Waals surface area contributed by atoms with Crippen LogP contribution in [0.3, 0.4) is 0 Å². The second-order valence-electron chi connectivity index (χ2n) is 6.89. The van der Waals surface area contributed by atoms with E-state index in [0.717, 1.165) is 37.8 Å². The molecule has 1 aromatic rings. The Hall–Kier alpha value is -1.19. The van der Waals surface area contributed by atoms with Crippen LogP contribution in [0, 0.1) is 6.92 Å². The number of hydrogen-bond donors (Lipinski definition) is 0. The van der Waals surface area contributed by atoms with Crippen LogP contribution in [0.2, 0.25) is 0 Å². The molecule has 0 aromatic heterocycles. The van der Waals surface area contributed by atoms with Gasteiger partial charge in [-0.25, -0.2) is 0 Å². The van der Waals surface area contributed by atoms with E-state index in [0.29, 0.717) is 6.54 Å². The molecule has 1 aromatic carbocycles. The first kappa shape index (κ1) is 15.7. The molecular weight excluding hydrogens is 272 g/mol. The monoisotopic (exact) mass is 300 g/mol. The Balaban J connectivity index is 1.47. The van der Waals surface area contributed by atoms with Gasteiger partial charge in [-0.1, -0.05) is 49.1 Å². The maximum Gasteiger partial charge on any atom is 0.176 e. The maximum atomic E-state index is 12.4. The van der Waals surface area contributed by atoms with Crippen LogP contribution in [0.15, 0.2) is 24.3 Å². The van der Waals surface area contributed by atoms with Gasteiger partial charge in [0.25, 0.3) is 0 Å². The number of ketones is 1. The van der Waals surface area contributed by atoms with E-state index in [4.69, 9.17) is 0 Å². The Bertz CT molecular complexity index is 483. The fourth-order valence-electron chi connectivity index (χ4n) is 3.77. The number of Topliss-reactive ketones (excluding diaryl/α,β-unsaturated/α-hetero) is 1. The minimum atomic E-state index is 0.256. The molecule has 22 heavy (non-hydrogen) atoms. The van der Waals surface area contributed by atoms with Crippen LogP contribution in [-0.2, 0) is 0 Å². The number of piperazine rings is 1. The second-order valence-corrected chi connectivity index (χ2v) is 6.89. The molecule has 1 heterocycles. The Labute approximate surface area is 134 Å². The van der Waals surface area contributed by atoms with Gasteiger partial charge in [0.2, 0.25) is 0 Å². The van der Waals surface area contributed by atoms with Crippen molar-refractivity contribution in [3.63, 3.8) is 0 Å². The van der Waals surface area contributed by atoms with Gasteiger partial charge in [0.1, 0.15) is 0 Å². The second kappa shape index (κ2) is 7.38. The van der Waals surface area contributed by atoms with Crippen LogP contribution in [0.5, 0.6) is 0 Å². The molecule has 1 saturated carbocycles. The van der Waals surface area contributed by atoms with Gasteiger partial charge in [-0.05, 0) is 19.8 Å². The molecule has 1 aliphatic heterocycles. The van der Waals surface area contributed by atoms with E-state index < -0.39 is 0 Å². The fourth-order valence-corrected chi connectivity index (χ4v) is 3.77. The third-order valence-corrected chi connectivity index (χ3v) is 5.24. The molecule has 3 heteroatoms. The topological polar surface area (TPSA) is 23.6 Å². The third kappa shape index (κ3) is 3.96. The van der Waals surface area contributed by atoms with E-state index in [1.807, 2.05) is 24.3 Å². The largest absolute Gasteiger partial charge is 0.298 e. The van der Waals surface area contributed by atoms with E-state index in [9.17, 15) is 4.79 Å². The number of benzene rings is 1. The lowest BCUT2D eigenvalue weighted by Crippen LogP contribution is -2.51. The molecular formula is C19H28N2O. The molecule has 0 spiro atoms. The number of nitrogens with zero attached hydrogens (tertiary/aromatic N) is 2. The SMILES string of the molecule is Cc1ccc(C(=O)CN2CCN(C3CCCCC3)CC2)cc1. The van der Waals surface area contributed by atoms with Gasteiger partial charge >= 0.3 is 0 Å². The van der Waals surface area contributed by atoms with E-state index >= 15 is 0 Å².